The third kappa shape index (κ3) is 4.06. The first kappa shape index (κ1) is 14.5. The molecule has 0 amide bonds. The molecule has 5 heteroatoms. The van der Waals surface area contributed by atoms with Crippen molar-refractivity contribution >= 4 is 0 Å². The van der Waals surface area contributed by atoms with Crippen molar-refractivity contribution in [3.05, 3.63) is 42.7 Å². The Hall–Kier alpha value is -1.88. The van der Waals surface area contributed by atoms with Gasteiger partial charge in [0.2, 0.25) is 0 Å². The highest BCUT2D eigenvalue weighted by Gasteiger charge is 2.15. The van der Waals surface area contributed by atoms with Gasteiger partial charge in [0.05, 0.1) is 18.6 Å². The average molecular weight is 274 g/mol. The first-order valence-electron chi connectivity index (χ1n) is 6.75. The number of hydrogen-bond donors (Lipinski definition) is 1. The van der Waals surface area contributed by atoms with Crippen LogP contribution in [0.4, 0.5) is 0 Å². The molecule has 0 aromatic carbocycles. The summed E-state index contributed by atoms with van der Waals surface area (Å²) in [7, 11) is 0. The molecular weight excluding hydrogens is 252 g/mol. The number of imidazole rings is 1. The molecule has 2 N–H and O–H groups in total. The van der Waals surface area contributed by atoms with Crippen molar-refractivity contribution in [1.29, 1.82) is 0 Å². The SMILES string of the molecule is CC(C)(C)c1cncc(OC[C@@H](N)Cn2ccnc2)c1. The fourth-order valence-corrected chi connectivity index (χ4v) is 1.83. The summed E-state index contributed by atoms with van der Waals surface area (Å²) in [5.41, 5.74) is 7.25. The maximum atomic E-state index is 6.04. The summed E-state index contributed by atoms with van der Waals surface area (Å²) in [6.45, 7) is 7.59. The summed E-state index contributed by atoms with van der Waals surface area (Å²) in [6, 6.07) is 1.94. The second-order valence-electron chi connectivity index (χ2n) is 5.99. The van der Waals surface area contributed by atoms with Crippen LogP contribution in [-0.4, -0.2) is 27.2 Å². The zero-order valence-corrected chi connectivity index (χ0v) is 12.3. The molecule has 0 aliphatic carbocycles. The number of pyridine rings is 1. The number of hydrogen-bond acceptors (Lipinski definition) is 4. The van der Waals surface area contributed by atoms with Crippen LogP contribution in [0.5, 0.6) is 5.75 Å². The Kier molecular flexibility index (Phi) is 4.39. The minimum atomic E-state index is -0.0810. The van der Waals surface area contributed by atoms with E-state index in [0.717, 1.165) is 11.3 Å². The van der Waals surface area contributed by atoms with Gasteiger partial charge in [0.15, 0.2) is 0 Å². The normalized spacial score (nSPS) is 13.2. The van der Waals surface area contributed by atoms with E-state index >= 15 is 0 Å². The van der Waals surface area contributed by atoms with Gasteiger partial charge in [0.25, 0.3) is 0 Å². The van der Waals surface area contributed by atoms with E-state index in [0.29, 0.717) is 13.2 Å². The van der Waals surface area contributed by atoms with Crippen LogP contribution >= 0.6 is 0 Å². The Morgan fingerprint density at radius 1 is 1.30 bits per heavy atom. The Bertz CT molecular complexity index is 531. The number of rotatable bonds is 5. The van der Waals surface area contributed by atoms with Gasteiger partial charge in [-0.2, -0.15) is 0 Å². The summed E-state index contributed by atoms with van der Waals surface area (Å²) < 4.78 is 7.67. The van der Waals surface area contributed by atoms with Gasteiger partial charge < -0.3 is 15.0 Å². The smallest absolute Gasteiger partial charge is 0.137 e. The van der Waals surface area contributed by atoms with Gasteiger partial charge in [-0.3, -0.25) is 4.98 Å². The molecule has 5 nitrogen and oxygen atoms in total. The lowest BCUT2D eigenvalue weighted by molar-refractivity contribution is 0.274. The zero-order chi connectivity index (χ0) is 14.6. The van der Waals surface area contributed by atoms with E-state index < -0.39 is 0 Å². The highest BCUT2D eigenvalue weighted by Crippen LogP contribution is 2.24. The molecule has 20 heavy (non-hydrogen) atoms. The Balaban J connectivity index is 1.90. The third-order valence-corrected chi connectivity index (χ3v) is 3.05. The highest BCUT2D eigenvalue weighted by atomic mass is 16.5. The van der Waals surface area contributed by atoms with Crippen molar-refractivity contribution in [2.75, 3.05) is 6.61 Å². The maximum absolute atomic E-state index is 6.04. The van der Waals surface area contributed by atoms with Crippen LogP contribution in [0.3, 0.4) is 0 Å². The lowest BCUT2D eigenvalue weighted by Gasteiger charge is -2.19. The number of nitrogens with two attached hydrogens (primary N) is 1. The molecule has 108 valence electrons. The summed E-state index contributed by atoms with van der Waals surface area (Å²) in [4.78, 5) is 8.21. The lowest BCUT2D eigenvalue weighted by atomic mass is 9.88. The molecule has 2 heterocycles. The minimum absolute atomic E-state index is 0.0608. The Morgan fingerprint density at radius 2 is 2.10 bits per heavy atom. The van der Waals surface area contributed by atoms with Crippen LogP contribution in [0.15, 0.2) is 37.2 Å². The van der Waals surface area contributed by atoms with Crippen molar-refractivity contribution in [3.63, 3.8) is 0 Å². The first-order chi connectivity index (χ1) is 9.45. The van der Waals surface area contributed by atoms with Crippen LogP contribution in [0.25, 0.3) is 0 Å². The highest BCUT2D eigenvalue weighted by molar-refractivity contribution is 5.28. The van der Waals surface area contributed by atoms with Crippen molar-refractivity contribution in [2.24, 2.45) is 5.73 Å². The predicted octanol–water partition coefficient (Wildman–Crippen LogP) is 1.98. The predicted molar refractivity (Wildman–Crippen MR) is 78.6 cm³/mol. The molecule has 0 bridgehead atoms. The minimum Gasteiger partial charge on any atom is -0.490 e. The van der Waals surface area contributed by atoms with Crippen LogP contribution in [0, 0.1) is 0 Å². The molecule has 0 spiro atoms. The molecule has 2 rings (SSSR count). The summed E-state index contributed by atoms with van der Waals surface area (Å²) in [5.74, 6) is 0.763. The monoisotopic (exact) mass is 274 g/mol. The average Bonchev–Trinajstić information content (AvgIpc) is 2.88. The van der Waals surface area contributed by atoms with Crippen LogP contribution in [-0.2, 0) is 12.0 Å². The molecule has 0 fully saturated rings. The fourth-order valence-electron chi connectivity index (χ4n) is 1.83. The molecule has 0 saturated carbocycles. The molecule has 1 atom stereocenters. The van der Waals surface area contributed by atoms with Gasteiger partial charge >= 0.3 is 0 Å². The summed E-state index contributed by atoms with van der Waals surface area (Å²) in [6.07, 6.45) is 8.98. The first-order valence-corrected chi connectivity index (χ1v) is 6.75. The van der Waals surface area contributed by atoms with E-state index in [1.165, 1.54) is 0 Å². The maximum Gasteiger partial charge on any atom is 0.137 e. The van der Waals surface area contributed by atoms with E-state index in [9.17, 15) is 0 Å². The molecule has 0 saturated heterocycles. The van der Waals surface area contributed by atoms with E-state index in [2.05, 4.69) is 30.7 Å². The van der Waals surface area contributed by atoms with Gasteiger partial charge in [0.1, 0.15) is 12.4 Å². The lowest BCUT2D eigenvalue weighted by Crippen LogP contribution is -2.32. The van der Waals surface area contributed by atoms with Crippen LogP contribution in [0.2, 0.25) is 0 Å². The third-order valence-electron chi connectivity index (χ3n) is 3.05. The van der Waals surface area contributed by atoms with Gasteiger partial charge in [-0.15, -0.1) is 0 Å². The van der Waals surface area contributed by atoms with Crippen molar-refractivity contribution in [2.45, 2.75) is 38.8 Å². The van der Waals surface area contributed by atoms with Gasteiger partial charge in [0, 0.05) is 25.1 Å². The van der Waals surface area contributed by atoms with E-state index in [-0.39, 0.29) is 11.5 Å². The largest absolute Gasteiger partial charge is 0.490 e. The van der Waals surface area contributed by atoms with E-state index in [4.69, 9.17) is 10.5 Å². The van der Waals surface area contributed by atoms with Crippen LogP contribution in [0.1, 0.15) is 26.3 Å². The number of nitrogens with zero attached hydrogens (tertiary/aromatic N) is 3. The molecular formula is C15H22N4O. The number of ether oxygens (including phenoxy) is 1. The second-order valence-corrected chi connectivity index (χ2v) is 5.99. The molecule has 2 aromatic heterocycles. The Morgan fingerprint density at radius 3 is 2.75 bits per heavy atom. The quantitative estimate of drug-likeness (QED) is 0.905. The molecule has 0 radical (unpaired) electrons. The van der Waals surface area contributed by atoms with Crippen LogP contribution < -0.4 is 10.5 Å². The van der Waals surface area contributed by atoms with E-state index in [1.807, 2.05) is 23.0 Å². The molecule has 2 aromatic rings. The second kappa shape index (κ2) is 6.05. The van der Waals surface area contributed by atoms with Gasteiger partial charge in [-0.05, 0) is 17.0 Å². The molecule has 0 unspecified atom stereocenters. The molecule has 0 aliphatic rings. The standard InChI is InChI=1S/C15H22N4O/c1-15(2,3)12-6-14(8-18-7-12)20-10-13(16)9-19-5-4-17-11-19/h4-8,11,13H,9-10,16H2,1-3H3/t13-/m0/s1. The zero-order valence-electron chi connectivity index (χ0n) is 12.3. The molecule has 0 aliphatic heterocycles. The van der Waals surface area contributed by atoms with Crippen molar-refractivity contribution in [3.8, 4) is 5.75 Å². The summed E-state index contributed by atoms with van der Waals surface area (Å²) >= 11 is 0. The van der Waals surface area contributed by atoms with Crippen molar-refractivity contribution < 1.29 is 4.74 Å². The van der Waals surface area contributed by atoms with Gasteiger partial charge in [-0.1, -0.05) is 20.8 Å². The van der Waals surface area contributed by atoms with E-state index in [1.54, 1.807) is 18.7 Å². The topological polar surface area (TPSA) is 66.0 Å². The fraction of sp³-hybridized carbons (Fsp3) is 0.467. The Labute approximate surface area is 119 Å². The number of aromatic nitrogens is 3. The summed E-state index contributed by atoms with van der Waals surface area (Å²) in [5, 5.41) is 0. The van der Waals surface area contributed by atoms with Crippen molar-refractivity contribution in [1.82, 2.24) is 14.5 Å². The van der Waals surface area contributed by atoms with Gasteiger partial charge in [-0.25, -0.2) is 4.98 Å².